The van der Waals surface area contributed by atoms with Gasteiger partial charge >= 0.3 is 0 Å². The number of hydrogen-bond acceptors (Lipinski definition) is 5. The van der Waals surface area contributed by atoms with Crippen molar-refractivity contribution in [2.75, 3.05) is 6.61 Å². The summed E-state index contributed by atoms with van der Waals surface area (Å²) in [7, 11) is 0. The third kappa shape index (κ3) is 5.48. The van der Waals surface area contributed by atoms with Crippen molar-refractivity contribution < 1.29 is 9.53 Å². The van der Waals surface area contributed by atoms with E-state index in [0.29, 0.717) is 22.6 Å². The topological polar surface area (TPSA) is 87.4 Å². The summed E-state index contributed by atoms with van der Waals surface area (Å²) in [5.41, 5.74) is 6.14. The minimum atomic E-state index is -0.346. The molecule has 4 aromatic rings. The smallest absolute Gasteiger partial charge is 0.272 e. The van der Waals surface area contributed by atoms with Crippen LogP contribution in [0.2, 0.25) is 0 Å². The second-order valence-corrected chi connectivity index (χ2v) is 9.30. The number of benzene rings is 3. The molecule has 0 radical (unpaired) electrons. The predicted molar refractivity (Wildman–Crippen MR) is 145 cm³/mol. The second kappa shape index (κ2) is 10.7. The van der Waals surface area contributed by atoms with Crippen molar-refractivity contribution in [3.63, 3.8) is 0 Å². The fourth-order valence-electron chi connectivity index (χ4n) is 3.27. The van der Waals surface area contributed by atoms with Gasteiger partial charge in [0.05, 0.1) is 26.6 Å². The highest BCUT2D eigenvalue weighted by molar-refractivity contribution is 14.1. The Morgan fingerprint density at radius 2 is 1.85 bits per heavy atom. The molecule has 0 aliphatic heterocycles. The first-order valence-corrected chi connectivity index (χ1v) is 12.0. The van der Waals surface area contributed by atoms with Crippen molar-refractivity contribution in [2.45, 2.75) is 0 Å². The molecule has 0 spiro atoms. The summed E-state index contributed by atoms with van der Waals surface area (Å²) in [5.74, 6) is 0.207. The second-order valence-electron chi connectivity index (χ2n) is 6.89. The highest BCUT2D eigenvalue weighted by atomic mass is 127. The van der Waals surface area contributed by atoms with E-state index in [0.717, 1.165) is 23.6 Å². The van der Waals surface area contributed by atoms with Crippen LogP contribution in [0.5, 0.6) is 5.75 Å². The fourth-order valence-corrected chi connectivity index (χ4v) is 5.32. The maximum Gasteiger partial charge on any atom is 0.272 e. The highest BCUT2D eigenvalue weighted by Crippen LogP contribution is 2.28. The van der Waals surface area contributed by atoms with Gasteiger partial charge in [0.2, 0.25) is 0 Å². The van der Waals surface area contributed by atoms with Gasteiger partial charge in [-0.15, -0.1) is 0 Å². The van der Waals surface area contributed by atoms with Crippen LogP contribution in [0, 0.1) is 18.5 Å². The molecule has 0 aliphatic rings. The van der Waals surface area contributed by atoms with Crippen LogP contribution in [0.3, 0.4) is 0 Å². The van der Waals surface area contributed by atoms with Crippen LogP contribution in [0.1, 0.15) is 15.9 Å². The van der Waals surface area contributed by atoms with Crippen LogP contribution in [0.25, 0.3) is 22.2 Å². The summed E-state index contributed by atoms with van der Waals surface area (Å²) in [6.45, 7) is -0.0743. The third-order valence-electron chi connectivity index (χ3n) is 4.72. The molecule has 162 valence electrons. The monoisotopic (exact) mass is 658 g/mol. The first-order valence-electron chi connectivity index (χ1n) is 9.84. The molecule has 8 heteroatoms. The third-order valence-corrected chi connectivity index (χ3v) is 6.14. The number of ether oxygens (including phenoxy) is 1. The lowest BCUT2D eigenvalue weighted by Gasteiger charge is -2.10. The fraction of sp³-hybridized carbons (Fsp3) is 0.0400. The minimum Gasteiger partial charge on any atom is -0.477 e. The van der Waals surface area contributed by atoms with E-state index in [4.69, 9.17) is 15.0 Å². The molecule has 0 aliphatic carbocycles. The first-order chi connectivity index (χ1) is 16.1. The number of carbonyl (C=O) groups is 1. The summed E-state index contributed by atoms with van der Waals surface area (Å²) >= 11 is 4.35. The van der Waals surface area contributed by atoms with E-state index in [-0.39, 0.29) is 12.5 Å². The van der Waals surface area contributed by atoms with Crippen molar-refractivity contribution in [2.24, 2.45) is 5.10 Å². The van der Waals surface area contributed by atoms with E-state index in [2.05, 4.69) is 55.7 Å². The van der Waals surface area contributed by atoms with Crippen molar-refractivity contribution >= 4 is 68.2 Å². The van der Waals surface area contributed by atoms with Crippen LogP contribution in [0.15, 0.2) is 77.9 Å². The molecule has 4 rings (SSSR count). The lowest BCUT2D eigenvalue weighted by Crippen LogP contribution is -2.18. The van der Waals surface area contributed by atoms with Gasteiger partial charge in [-0.2, -0.15) is 10.4 Å². The molecule has 0 saturated carbocycles. The van der Waals surface area contributed by atoms with Gasteiger partial charge < -0.3 is 4.74 Å². The molecule has 0 saturated heterocycles. The number of aromatic nitrogens is 1. The molecule has 1 N–H and O–H groups in total. The van der Waals surface area contributed by atoms with Crippen molar-refractivity contribution in [3.8, 4) is 23.1 Å². The highest BCUT2D eigenvalue weighted by Gasteiger charge is 2.14. The van der Waals surface area contributed by atoms with Gasteiger partial charge in [-0.1, -0.05) is 48.5 Å². The molecule has 0 atom stereocenters. The zero-order valence-electron chi connectivity index (χ0n) is 17.1. The molecule has 0 bridgehead atoms. The lowest BCUT2D eigenvalue weighted by molar-refractivity contribution is 0.0956. The number of hydrogen-bond donors (Lipinski definition) is 1. The average molecular weight is 658 g/mol. The van der Waals surface area contributed by atoms with Crippen LogP contribution < -0.4 is 10.2 Å². The molecule has 0 fully saturated rings. The Kier molecular flexibility index (Phi) is 7.51. The Bertz CT molecular complexity index is 1400. The summed E-state index contributed by atoms with van der Waals surface area (Å²) in [4.78, 5) is 17.8. The Morgan fingerprint density at radius 1 is 1.09 bits per heavy atom. The normalized spacial score (nSPS) is 10.8. The van der Waals surface area contributed by atoms with E-state index in [1.165, 1.54) is 6.21 Å². The zero-order chi connectivity index (χ0) is 23.2. The Balaban J connectivity index is 1.65. The number of carbonyl (C=O) groups excluding carboxylic acids is 1. The predicted octanol–water partition coefficient (Wildman–Crippen LogP) is 5.78. The van der Waals surface area contributed by atoms with Gasteiger partial charge in [0.25, 0.3) is 5.91 Å². The van der Waals surface area contributed by atoms with Crippen LogP contribution in [-0.4, -0.2) is 23.7 Å². The van der Waals surface area contributed by atoms with E-state index in [1.54, 1.807) is 6.07 Å². The summed E-state index contributed by atoms with van der Waals surface area (Å²) in [6, 6.07) is 24.8. The average Bonchev–Trinajstić information content (AvgIpc) is 2.83. The molecule has 1 amide bonds. The number of pyridine rings is 1. The SMILES string of the molecule is N#CCOc1c(I)cc(I)cc1/C=N\NC(=O)c1cc(-c2ccccc2)nc2ccccc12. The lowest BCUT2D eigenvalue weighted by atomic mass is 10.0. The van der Waals surface area contributed by atoms with Gasteiger partial charge in [-0.05, 0) is 69.4 Å². The van der Waals surface area contributed by atoms with Gasteiger partial charge in [0, 0.05) is 20.1 Å². The molecule has 6 nitrogen and oxygen atoms in total. The molecule has 1 heterocycles. The number of nitriles is 1. The number of rotatable bonds is 6. The van der Waals surface area contributed by atoms with E-state index >= 15 is 0 Å². The number of hydrazone groups is 1. The number of para-hydroxylation sites is 1. The summed E-state index contributed by atoms with van der Waals surface area (Å²) in [5, 5.41) is 13.8. The van der Waals surface area contributed by atoms with Crippen molar-refractivity contribution in [1.82, 2.24) is 10.4 Å². The largest absolute Gasteiger partial charge is 0.477 e. The Labute approximate surface area is 218 Å². The maximum atomic E-state index is 13.1. The Morgan fingerprint density at radius 3 is 2.64 bits per heavy atom. The van der Waals surface area contributed by atoms with Gasteiger partial charge in [0.15, 0.2) is 6.61 Å². The standard InChI is InChI=1S/C25H16I2N4O2/c26-18-12-17(24(21(27)13-18)33-11-10-28)15-29-31-25(32)20-14-23(16-6-2-1-3-7-16)30-22-9-5-4-8-19(20)22/h1-9,12-15H,11H2,(H,31,32)/b29-15-. The van der Waals surface area contributed by atoms with Crippen LogP contribution in [-0.2, 0) is 0 Å². The van der Waals surface area contributed by atoms with E-state index < -0.39 is 0 Å². The quantitative estimate of drug-likeness (QED) is 0.162. The van der Waals surface area contributed by atoms with Crippen LogP contribution in [0.4, 0.5) is 0 Å². The van der Waals surface area contributed by atoms with Crippen LogP contribution >= 0.6 is 45.2 Å². The van der Waals surface area contributed by atoms with Gasteiger partial charge in [0.1, 0.15) is 11.8 Å². The van der Waals surface area contributed by atoms with Crippen molar-refractivity contribution in [1.29, 1.82) is 5.26 Å². The van der Waals surface area contributed by atoms with Gasteiger partial charge in [-0.25, -0.2) is 10.4 Å². The summed E-state index contributed by atoms with van der Waals surface area (Å²) in [6.07, 6.45) is 1.52. The van der Waals surface area contributed by atoms with E-state index in [1.807, 2.05) is 72.8 Å². The Hall–Kier alpha value is -3.04. The summed E-state index contributed by atoms with van der Waals surface area (Å²) < 4.78 is 7.40. The maximum absolute atomic E-state index is 13.1. The van der Waals surface area contributed by atoms with E-state index in [9.17, 15) is 4.79 Å². The zero-order valence-corrected chi connectivity index (χ0v) is 21.4. The molecule has 3 aromatic carbocycles. The number of nitrogens with zero attached hydrogens (tertiary/aromatic N) is 3. The minimum absolute atomic E-state index is 0.0743. The number of amides is 1. The molecule has 33 heavy (non-hydrogen) atoms. The molecular weight excluding hydrogens is 642 g/mol. The van der Waals surface area contributed by atoms with Crippen molar-refractivity contribution in [3.05, 3.63) is 91.1 Å². The molecule has 0 unspecified atom stereocenters. The van der Waals surface area contributed by atoms with Gasteiger partial charge in [-0.3, -0.25) is 4.79 Å². The number of fused-ring (bicyclic) bond motifs is 1. The first kappa shape index (κ1) is 23.1. The molecular formula is C25H16I2N4O2. The molecule has 1 aromatic heterocycles. The number of nitrogens with one attached hydrogen (secondary N) is 1. The number of halogens is 2.